The monoisotopic (exact) mass is 291 g/mol. The first-order valence-corrected chi connectivity index (χ1v) is 6.01. The molecular weight excluding hydrogens is 281 g/mol. The smallest absolute Gasteiger partial charge is 0.267 e. The number of anilines is 1. The van der Waals surface area contributed by atoms with Crippen LogP contribution in [-0.2, 0) is 0 Å². The molecule has 2 N–H and O–H groups in total. The molecule has 0 aromatic carbocycles. The molecule has 0 atom stereocenters. The number of hydrogen-bond donors (Lipinski definition) is 2. The van der Waals surface area contributed by atoms with Gasteiger partial charge in [0.05, 0.1) is 6.33 Å². The third-order valence-electron chi connectivity index (χ3n) is 2.53. The van der Waals surface area contributed by atoms with Gasteiger partial charge in [-0.1, -0.05) is 0 Å². The Kier molecular flexibility index (Phi) is 3.31. The first-order valence-electron chi connectivity index (χ1n) is 4.78. The molecule has 0 aliphatic heterocycles. The van der Waals surface area contributed by atoms with E-state index >= 15 is 0 Å². The molecule has 0 unspecified atom stereocenters. The Morgan fingerprint density at radius 3 is 3.07 bits per heavy atom. The fourth-order valence-electron chi connectivity index (χ4n) is 1.57. The summed E-state index contributed by atoms with van der Waals surface area (Å²) >= 11 is 9.06. The molecule has 1 aliphatic carbocycles. The Morgan fingerprint density at radius 1 is 1.67 bits per heavy atom. The summed E-state index contributed by atoms with van der Waals surface area (Å²) in [6.07, 6.45) is 3.46. The standard InChI is InChI=1S/C9H11BrClN3O/c10-7-8(13-4-14-9(7)15)12-3-5-1-6(11)2-5/h4-6H,1-3H2,(H2,12,13,14,15). The van der Waals surface area contributed by atoms with E-state index in [1.165, 1.54) is 6.33 Å². The fraction of sp³-hybridized carbons (Fsp3) is 0.556. The van der Waals surface area contributed by atoms with Gasteiger partial charge in [0.1, 0.15) is 10.3 Å². The van der Waals surface area contributed by atoms with Gasteiger partial charge in [0, 0.05) is 11.9 Å². The van der Waals surface area contributed by atoms with Crippen molar-refractivity contribution in [2.24, 2.45) is 5.92 Å². The normalized spacial score (nSPS) is 24.7. The Morgan fingerprint density at radius 2 is 2.40 bits per heavy atom. The van der Waals surface area contributed by atoms with Crippen LogP contribution in [0.25, 0.3) is 0 Å². The Balaban J connectivity index is 1.93. The minimum atomic E-state index is -0.170. The number of rotatable bonds is 3. The summed E-state index contributed by atoms with van der Waals surface area (Å²) in [5.74, 6) is 1.19. The molecule has 1 aromatic heterocycles. The number of halogens is 2. The first-order chi connectivity index (χ1) is 7.16. The quantitative estimate of drug-likeness (QED) is 0.837. The van der Waals surface area contributed by atoms with Gasteiger partial charge >= 0.3 is 0 Å². The van der Waals surface area contributed by atoms with Gasteiger partial charge in [0.2, 0.25) is 0 Å². The first kappa shape index (κ1) is 11.0. The average Bonchev–Trinajstić information content (AvgIpc) is 2.17. The van der Waals surface area contributed by atoms with Crippen LogP contribution in [0.1, 0.15) is 12.8 Å². The lowest BCUT2D eigenvalue weighted by molar-refractivity contribution is 0.341. The van der Waals surface area contributed by atoms with Gasteiger partial charge in [0.15, 0.2) is 0 Å². The highest BCUT2D eigenvalue weighted by molar-refractivity contribution is 9.10. The molecular formula is C9H11BrClN3O. The van der Waals surface area contributed by atoms with Gasteiger partial charge in [-0.15, -0.1) is 11.6 Å². The van der Waals surface area contributed by atoms with E-state index in [1.807, 2.05) is 0 Å². The van der Waals surface area contributed by atoms with Gasteiger partial charge in [-0.25, -0.2) is 4.98 Å². The summed E-state index contributed by atoms with van der Waals surface area (Å²) < 4.78 is 0.451. The highest BCUT2D eigenvalue weighted by Crippen LogP contribution is 2.32. The number of aromatic nitrogens is 2. The number of H-pyrrole nitrogens is 1. The molecule has 0 saturated heterocycles. The van der Waals surface area contributed by atoms with Crippen molar-refractivity contribution in [2.45, 2.75) is 18.2 Å². The summed E-state index contributed by atoms with van der Waals surface area (Å²) in [6, 6.07) is 0. The molecule has 0 amide bonds. The lowest BCUT2D eigenvalue weighted by atomic mass is 9.85. The van der Waals surface area contributed by atoms with Crippen molar-refractivity contribution in [1.29, 1.82) is 0 Å². The van der Waals surface area contributed by atoms with Crippen LogP contribution in [0.3, 0.4) is 0 Å². The van der Waals surface area contributed by atoms with E-state index in [0.717, 1.165) is 19.4 Å². The van der Waals surface area contributed by atoms with Crippen LogP contribution in [0.15, 0.2) is 15.6 Å². The SMILES string of the molecule is O=c1[nH]cnc(NCC2CC(Cl)C2)c1Br. The molecule has 0 spiro atoms. The van der Waals surface area contributed by atoms with Crippen molar-refractivity contribution in [3.63, 3.8) is 0 Å². The lowest BCUT2D eigenvalue weighted by Gasteiger charge is -2.31. The fourth-order valence-corrected chi connectivity index (χ4v) is 2.43. The Hall–Kier alpha value is -0.550. The number of hydrogen-bond acceptors (Lipinski definition) is 3. The van der Waals surface area contributed by atoms with Crippen molar-refractivity contribution in [3.05, 3.63) is 21.2 Å². The molecule has 4 nitrogen and oxygen atoms in total. The van der Waals surface area contributed by atoms with Crippen LogP contribution in [-0.4, -0.2) is 21.9 Å². The van der Waals surface area contributed by atoms with Gasteiger partial charge in [-0.05, 0) is 34.7 Å². The van der Waals surface area contributed by atoms with Crippen LogP contribution in [0.5, 0.6) is 0 Å². The highest BCUT2D eigenvalue weighted by atomic mass is 79.9. The molecule has 1 heterocycles. The minimum absolute atomic E-state index is 0.170. The van der Waals surface area contributed by atoms with E-state index in [1.54, 1.807) is 0 Å². The van der Waals surface area contributed by atoms with Crippen molar-refractivity contribution in [1.82, 2.24) is 9.97 Å². The topological polar surface area (TPSA) is 57.8 Å². The van der Waals surface area contributed by atoms with Crippen molar-refractivity contribution < 1.29 is 0 Å². The predicted octanol–water partition coefficient (Wildman–Crippen LogP) is 1.96. The van der Waals surface area contributed by atoms with E-state index < -0.39 is 0 Å². The molecule has 0 bridgehead atoms. The maximum Gasteiger partial charge on any atom is 0.267 e. The van der Waals surface area contributed by atoms with Gasteiger partial charge in [-0.3, -0.25) is 4.79 Å². The molecule has 1 fully saturated rings. The van der Waals surface area contributed by atoms with E-state index in [4.69, 9.17) is 11.6 Å². The van der Waals surface area contributed by atoms with Crippen LogP contribution < -0.4 is 10.9 Å². The molecule has 1 aromatic rings. The van der Waals surface area contributed by atoms with E-state index in [9.17, 15) is 4.79 Å². The lowest BCUT2D eigenvalue weighted by Crippen LogP contribution is -2.30. The van der Waals surface area contributed by atoms with Crippen molar-refractivity contribution >= 4 is 33.3 Å². The maximum absolute atomic E-state index is 11.2. The average molecular weight is 293 g/mol. The molecule has 0 radical (unpaired) electrons. The van der Waals surface area contributed by atoms with E-state index in [0.29, 0.717) is 21.6 Å². The largest absolute Gasteiger partial charge is 0.369 e. The molecule has 1 aliphatic rings. The second kappa shape index (κ2) is 4.53. The predicted molar refractivity (Wildman–Crippen MR) is 63.4 cm³/mol. The zero-order chi connectivity index (χ0) is 10.8. The van der Waals surface area contributed by atoms with Gasteiger partial charge in [-0.2, -0.15) is 0 Å². The third-order valence-corrected chi connectivity index (χ3v) is 3.62. The molecule has 1 saturated carbocycles. The van der Waals surface area contributed by atoms with Crippen LogP contribution in [0, 0.1) is 5.92 Å². The van der Waals surface area contributed by atoms with Crippen LogP contribution in [0.4, 0.5) is 5.82 Å². The van der Waals surface area contributed by atoms with Gasteiger partial charge < -0.3 is 10.3 Å². The summed E-state index contributed by atoms with van der Waals surface area (Å²) in [7, 11) is 0. The zero-order valence-electron chi connectivity index (χ0n) is 7.96. The molecule has 2 rings (SSSR count). The zero-order valence-corrected chi connectivity index (χ0v) is 10.3. The van der Waals surface area contributed by atoms with Crippen molar-refractivity contribution in [3.8, 4) is 0 Å². The summed E-state index contributed by atoms with van der Waals surface area (Å²) in [5.41, 5.74) is -0.170. The molecule has 6 heteroatoms. The Bertz CT molecular complexity index is 403. The van der Waals surface area contributed by atoms with Crippen LogP contribution >= 0.6 is 27.5 Å². The second-order valence-corrected chi connectivity index (χ2v) is 5.12. The molecule has 15 heavy (non-hydrogen) atoms. The number of nitrogens with one attached hydrogen (secondary N) is 2. The minimum Gasteiger partial charge on any atom is -0.369 e. The maximum atomic E-state index is 11.2. The summed E-state index contributed by atoms with van der Waals surface area (Å²) in [6.45, 7) is 0.818. The number of aromatic amines is 1. The van der Waals surface area contributed by atoms with Crippen LogP contribution in [0.2, 0.25) is 0 Å². The van der Waals surface area contributed by atoms with E-state index in [-0.39, 0.29) is 5.56 Å². The third kappa shape index (κ3) is 2.52. The van der Waals surface area contributed by atoms with Crippen molar-refractivity contribution in [2.75, 3.05) is 11.9 Å². The Labute approximate surface area is 101 Å². The summed E-state index contributed by atoms with van der Waals surface area (Å²) in [4.78, 5) is 17.7. The number of nitrogens with zero attached hydrogens (tertiary/aromatic N) is 1. The highest BCUT2D eigenvalue weighted by Gasteiger charge is 2.26. The second-order valence-electron chi connectivity index (χ2n) is 3.71. The van der Waals surface area contributed by atoms with E-state index in [2.05, 4.69) is 31.2 Å². The molecule has 82 valence electrons. The summed E-state index contributed by atoms with van der Waals surface area (Å²) in [5, 5.41) is 3.47. The van der Waals surface area contributed by atoms with Gasteiger partial charge in [0.25, 0.3) is 5.56 Å². The number of alkyl halides is 1.